The van der Waals surface area contributed by atoms with Gasteiger partial charge in [-0.1, -0.05) is 36.4 Å². The molecule has 2 aromatic carbocycles. The molecule has 0 spiro atoms. The van der Waals surface area contributed by atoms with Crippen molar-refractivity contribution in [2.75, 3.05) is 13.6 Å². The fourth-order valence-corrected chi connectivity index (χ4v) is 3.38. The molecule has 2 N–H and O–H groups in total. The molecular weight excluding hydrogens is 393 g/mol. The largest absolute Gasteiger partial charge is 0.416 e. The molecule has 0 fully saturated rings. The van der Waals surface area contributed by atoms with Crippen molar-refractivity contribution in [3.63, 3.8) is 0 Å². The maximum absolute atomic E-state index is 12.8. The molecule has 0 aliphatic carbocycles. The van der Waals surface area contributed by atoms with Crippen molar-refractivity contribution in [1.82, 2.24) is 15.5 Å². The summed E-state index contributed by atoms with van der Waals surface area (Å²) in [6.45, 7) is 2.06. The number of hydrogen-bond acceptors (Lipinski definition) is 2. The van der Waals surface area contributed by atoms with E-state index in [1.165, 1.54) is 17.2 Å². The summed E-state index contributed by atoms with van der Waals surface area (Å²) in [4.78, 5) is 18.3. The van der Waals surface area contributed by atoms with Gasteiger partial charge in [0.15, 0.2) is 5.96 Å². The Morgan fingerprint density at radius 3 is 2.40 bits per heavy atom. The first-order valence-corrected chi connectivity index (χ1v) is 9.82. The molecule has 2 aromatic rings. The van der Waals surface area contributed by atoms with Crippen LogP contribution in [0.3, 0.4) is 0 Å². The van der Waals surface area contributed by atoms with E-state index in [0.29, 0.717) is 44.0 Å². The number of fused-ring (bicyclic) bond motifs is 1. The molecule has 1 aliphatic heterocycles. The van der Waals surface area contributed by atoms with Crippen molar-refractivity contribution in [1.29, 1.82) is 0 Å². The SMILES string of the molecule is CN=C(NCCCC(=O)N1Cc2ccccc2C1)NCc1cccc(C(F)(F)F)c1. The molecule has 30 heavy (non-hydrogen) atoms. The van der Waals surface area contributed by atoms with Crippen LogP contribution in [0.25, 0.3) is 0 Å². The van der Waals surface area contributed by atoms with Gasteiger partial charge in [-0.3, -0.25) is 9.79 Å². The van der Waals surface area contributed by atoms with Crippen LogP contribution in [0.5, 0.6) is 0 Å². The van der Waals surface area contributed by atoms with E-state index in [4.69, 9.17) is 0 Å². The summed E-state index contributed by atoms with van der Waals surface area (Å²) in [6, 6.07) is 13.2. The first-order chi connectivity index (χ1) is 14.4. The minimum absolute atomic E-state index is 0.111. The summed E-state index contributed by atoms with van der Waals surface area (Å²) >= 11 is 0. The molecule has 0 aromatic heterocycles. The summed E-state index contributed by atoms with van der Waals surface area (Å²) in [5.74, 6) is 0.591. The van der Waals surface area contributed by atoms with E-state index in [1.807, 2.05) is 29.2 Å². The molecule has 0 radical (unpaired) electrons. The number of alkyl halides is 3. The zero-order valence-electron chi connectivity index (χ0n) is 16.8. The van der Waals surface area contributed by atoms with E-state index in [-0.39, 0.29) is 12.5 Å². The lowest BCUT2D eigenvalue weighted by atomic mass is 10.1. The molecular formula is C22H25F3N4O. The van der Waals surface area contributed by atoms with Gasteiger partial charge in [-0.15, -0.1) is 0 Å². The summed E-state index contributed by atoms with van der Waals surface area (Å²) in [7, 11) is 1.59. The normalized spacial score (nSPS) is 13.9. The molecule has 5 nitrogen and oxygen atoms in total. The number of rotatable bonds is 6. The van der Waals surface area contributed by atoms with Gasteiger partial charge in [0.1, 0.15) is 0 Å². The second-order valence-corrected chi connectivity index (χ2v) is 7.17. The Kier molecular flexibility index (Phi) is 6.97. The number of amides is 1. The van der Waals surface area contributed by atoms with Crippen LogP contribution in [0.2, 0.25) is 0 Å². The van der Waals surface area contributed by atoms with Crippen LogP contribution in [-0.4, -0.2) is 30.4 Å². The van der Waals surface area contributed by atoms with Crippen molar-refractivity contribution in [3.8, 4) is 0 Å². The van der Waals surface area contributed by atoms with Crippen LogP contribution >= 0.6 is 0 Å². The average Bonchev–Trinajstić information content (AvgIpc) is 3.17. The second kappa shape index (κ2) is 9.65. The van der Waals surface area contributed by atoms with E-state index in [9.17, 15) is 18.0 Å². The van der Waals surface area contributed by atoms with Crippen LogP contribution in [0.15, 0.2) is 53.5 Å². The standard InChI is InChI=1S/C22H25F3N4O/c1-26-21(28-13-16-6-4-9-19(12-16)22(23,24)25)27-11-5-10-20(30)29-14-17-7-2-3-8-18(17)15-29/h2-4,6-9,12H,5,10-11,13-15H2,1H3,(H2,26,27,28). The lowest BCUT2D eigenvalue weighted by Gasteiger charge is -2.16. The highest BCUT2D eigenvalue weighted by Crippen LogP contribution is 2.29. The molecule has 3 rings (SSSR count). The molecule has 0 unspecified atom stereocenters. The molecule has 1 aliphatic rings. The highest BCUT2D eigenvalue weighted by Gasteiger charge is 2.30. The minimum atomic E-state index is -4.36. The van der Waals surface area contributed by atoms with E-state index >= 15 is 0 Å². The van der Waals surface area contributed by atoms with Gasteiger partial charge < -0.3 is 15.5 Å². The van der Waals surface area contributed by atoms with Crippen LogP contribution in [0, 0.1) is 0 Å². The molecule has 8 heteroatoms. The Labute approximate surface area is 174 Å². The van der Waals surface area contributed by atoms with Crippen LogP contribution in [-0.2, 0) is 30.6 Å². The number of carbonyl (C=O) groups excluding carboxylic acids is 1. The fourth-order valence-electron chi connectivity index (χ4n) is 3.38. The Morgan fingerprint density at radius 2 is 1.77 bits per heavy atom. The summed E-state index contributed by atoms with van der Waals surface area (Å²) in [6.07, 6.45) is -3.30. The highest BCUT2D eigenvalue weighted by atomic mass is 19.4. The predicted octanol–water partition coefficient (Wildman–Crippen LogP) is 3.69. The van der Waals surface area contributed by atoms with E-state index < -0.39 is 11.7 Å². The fraction of sp³-hybridized carbons (Fsp3) is 0.364. The predicted molar refractivity (Wildman–Crippen MR) is 110 cm³/mol. The molecule has 1 amide bonds. The van der Waals surface area contributed by atoms with Crippen molar-refractivity contribution in [2.24, 2.45) is 4.99 Å². The Hall–Kier alpha value is -3.03. The molecule has 0 bridgehead atoms. The molecule has 0 saturated carbocycles. The number of nitrogens with one attached hydrogen (secondary N) is 2. The van der Waals surface area contributed by atoms with Gasteiger partial charge >= 0.3 is 6.18 Å². The van der Waals surface area contributed by atoms with Crippen molar-refractivity contribution < 1.29 is 18.0 Å². The van der Waals surface area contributed by atoms with Gasteiger partial charge in [-0.05, 0) is 35.2 Å². The lowest BCUT2D eigenvalue weighted by Crippen LogP contribution is -2.37. The van der Waals surface area contributed by atoms with E-state index in [2.05, 4.69) is 15.6 Å². The summed E-state index contributed by atoms with van der Waals surface area (Å²) in [5.41, 5.74) is 2.23. The first kappa shape index (κ1) is 21.7. The minimum Gasteiger partial charge on any atom is -0.356 e. The van der Waals surface area contributed by atoms with Gasteiger partial charge in [-0.2, -0.15) is 13.2 Å². The average molecular weight is 418 g/mol. The van der Waals surface area contributed by atoms with E-state index in [1.54, 1.807) is 13.1 Å². The number of hydrogen-bond donors (Lipinski definition) is 2. The number of benzene rings is 2. The maximum atomic E-state index is 12.8. The van der Waals surface area contributed by atoms with Crippen molar-refractivity contribution in [2.45, 2.75) is 38.7 Å². The van der Waals surface area contributed by atoms with Crippen LogP contribution < -0.4 is 10.6 Å². The number of nitrogens with zero attached hydrogens (tertiary/aromatic N) is 2. The van der Waals surface area contributed by atoms with Crippen molar-refractivity contribution >= 4 is 11.9 Å². The number of halogens is 3. The zero-order chi connectivity index (χ0) is 21.6. The molecule has 160 valence electrons. The summed E-state index contributed by atoms with van der Waals surface area (Å²) in [5, 5.41) is 6.09. The van der Waals surface area contributed by atoms with Gasteiger partial charge in [0.25, 0.3) is 0 Å². The van der Waals surface area contributed by atoms with Crippen molar-refractivity contribution in [3.05, 3.63) is 70.8 Å². The Morgan fingerprint density at radius 1 is 1.07 bits per heavy atom. The summed E-state index contributed by atoms with van der Waals surface area (Å²) < 4.78 is 38.4. The number of carbonyl (C=O) groups is 1. The smallest absolute Gasteiger partial charge is 0.356 e. The number of aliphatic imine (C=N–C) groups is 1. The second-order valence-electron chi connectivity index (χ2n) is 7.17. The Bertz CT molecular complexity index is 886. The zero-order valence-corrected chi connectivity index (χ0v) is 16.8. The van der Waals surface area contributed by atoms with E-state index in [0.717, 1.165) is 12.1 Å². The topological polar surface area (TPSA) is 56.7 Å². The quantitative estimate of drug-likeness (QED) is 0.427. The van der Waals surface area contributed by atoms with Gasteiger partial charge in [0.2, 0.25) is 5.91 Å². The van der Waals surface area contributed by atoms with Crippen LogP contribution in [0.4, 0.5) is 13.2 Å². The first-order valence-electron chi connectivity index (χ1n) is 9.82. The number of guanidine groups is 1. The van der Waals surface area contributed by atoms with Crippen LogP contribution in [0.1, 0.15) is 35.1 Å². The highest BCUT2D eigenvalue weighted by molar-refractivity contribution is 5.80. The monoisotopic (exact) mass is 418 g/mol. The molecule has 0 atom stereocenters. The molecule has 1 heterocycles. The maximum Gasteiger partial charge on any atom is 0.416 e. The Balaban J connectivity index is 1.39. The third kappa shape index (κ3) is 5.75. The van der Waals surface area contributed by atoms with Gasteiger partial charge in [-0.25, -0.2) is 0 Å². The van der Waals surface area contributed by atoms with Gasteiger partial charge in [0, 0.05) is 39.6 Å². The lowest BCUT2D eigenvalue weighted by molar-refractivity contribution is -0.137. The van der Waals surface area contributed by atoms with Gasteiger partial charge in [0.05, 0.1) is 5.56 Å². The molecule has 0 saturated heterocycles. The third-order valence-electron chi connectivity index (χ3n) is 4.99. The third-order valence-corrected chi connectivity index (χ3v) is 4.99.